The van der Waals surface area contributed by atoms with Crippen LogP contribution in [0.4, 0.5) is 17.6 Å². The van der Waals surface area contributed by atoms with Gasteiger partial charge in [-0.2, -0.15) is 0 Å². The Kier molecular flexibility index (Phi) is 5.63. The highest BCUT2D eigenvalue weighted by Gasteiger charge is 2.12. The molecule has 4 rings (SSSR count). The van der Waals surface area contributed by atoms with Gasteiger partial charge < -0.3 is 15.8 Å². The fourth-order valence-corrected chi connectivity index (χ4v) is 2.73. The van der Waals surface area contributed by atoms with Crippen molar-refractivity contribution in [2.75, 3.05) is 11.1 Å². The molecule has 0 bridgehead atoms. The fourth-order valence-electron chi connectivity index (χ4n) is 2.73. The van der Waals surface area contributed by atoms with Gasteiger partial charge in [0.1, 0.15) is 0 Å². The van der Waals surface area contributed by atoms with E-state index >= 15 is 0 Å². The normalized spacial score (nSPS) is 10.6. The van der Waals surface area contributed by atoms with Gasteiger partial charge in [0.15, 0.2) is 0 Å². The highest BCUT2D eigenvalue weighted by Crippen LogP contribution is 2.23. The van der Waals surface area contributed by atoms with Crippen molar-refractivity contribution in [1.82, 2.24) is 24.9 Å². The molecule has 8 nitrogen and oxygen atoms in total. The first-order chi connectivity index (χ1) is 14.3. The van der Waals surface area contributed by atoms with Crippen LogP contribution in [-0.4, -0.2) is 24.9 Å². The van der Waals surface area contributed by atoms with Crippen molar-refractivity contribution in [3.05, 3.63) is 84.6 Å². The van der Waals surface area contributed by atoms with E-state index in [1.165, 1.54) is 0 Å². The minimum Gasteiger partial charge on any atom is -0.370 e. The van der Waals surface area contributed by atoms with Gasteiger partial charge in [-0.3, -0.25) is 4.98 Å². The minimum absolute atomic E-state index is 0.191. The largest absolute Gasteiger partial charge is 0.370 e. The topological polar surface area (TPSA) is 112 Å². The van der Waals surface area contributed by atoms with Crippen molar-refractivity contribution >= 4 is 17.6 Å². The maximum Gasteiger partial charge on any atom is 0.227 e. The molecule has 0 radical (unpaired) electrons. The Morgan fingerprint density at radius 3 is 2.52 bits per heavy atom. The summed E-state index contributed by atoms with van der Waals surface area (Å²) in [6.45, 7) is 0.761. The van der Waals surface area contributed by atoms with Crippen LogP contribution in [0.5, 0.6) is 0 Å². The van der Waals surface area contributed by atoms with Gasteiger partial charge in [-0.05, 0) is 23.8 Å². The number of rotatable bonds is 7. The van der Waals surface area contributed by atoms with Gasteiger partial charge in [0, 0.05) is 36.0 Å². The van der Waals surface area contributed by atoms with E-state index in [2.05, 4.69) is 30.2 Å². The van der Waals surface area contributed by atoms with E-state index in [0.29, 0.717) is 23.9 Å². The molecule has 4 aromatic rings. The van der Waals surface area contributed by atoms with Crippen LogP contribution in [0.25, 0.3) is 11.3 Å². The monoisotopic (exact) mass is 385 g/mol. The quantitative estimate of drug-likeness (QED) is 0.498. The smallest absolute Gasteiger partial charge is 0.227 e. The lowest BCUT2D eigenvalue weighted by Crippen LogP contribution is -2.05. The molecule has 0 aliphatic carbocycles. The highest BCUT2D eigenvalue weighted by molar-refractivity contribution is 5.63. The maximum atomic E-state index is 5.84. The Hall–Kier alpha value is -3.91. The molecule has 3 N–H and O–H groups in total. The first-order valence-corrected chi connectivity index (χ1v) is 9.01. The third kappa shape index (κ3) is 4.88. The Balaban J connectivity index is 1.54. The molecule has 0 atom stereocenters. The zero-order valence-corrected chi connectivity index (χ0v) is 15.6. The summed E-state index contributed by atoms with van der Waals surface area (Å²) in [4.78, 5) is 21.3. The predicted octanol–water partition coefficient (Wildman–Crippen LogP) is 3.37. The second-order valence-corrected chi connectivity index (χ2v) is 6.19. The summed E-state index contributed by atoms with van der Waals surface area (Å²) in [5, 5.41) is 3.15. The minimum atomic E-state index is 0.191. The average Bonchev–Trinajstić information content (AvgIpc) is 2.76. The molecule has 0 fully saturated rings. The zero-order valence-electron chi connectivity index (χ0n) is 15.6. The van der Waals surface area contributed by atoms with Crippen molar-refractivity contribution in [3.8, 4) is 11.3 Å². The molecule has 0 unspecified atom stereocenters. The van der Waals surface area contributed by atoms with E-state index in [1.54, 1.807) is 30.9 Å². The van der Waals surface area contributed by atoms with Gasteiger partial charge in [-0.1, -0.05) is 30.3 Å². The summed E-state index contributed by atoms with van der Waals surface area (Å²) in [6, 6.07) is 15.4. The molecule has 0 aliphatic heterocycles. The number of benzene rings is 1. The van der Waals surface area contributed by atoms with Gasteiger partial charge in [-0.15, -0.1) is 0 Å². The highest BCUT2D eigenvalue weighted by atomic mass is 16.5. The third-order valence-corrected chi connectivity index (χ3v) is 4.10. The van der Waals surface area contributed by atoms with Crippen molar-refractivity contribution in [2.24, 2.45) is 0 Å². The number of hydrogen-bond acceptors (Lipinski definition) is 8. The number of nitrogens with zero attached hydrogens (tertiary/aromatic N) is 5. The van der Waals surface area contributed by atoms with Crippen LogP contribution in [0.1, 0.15) is 11.3 Å². The number of hydrogen-bond donors (Lipinski definition) is 2. The third-order valence-electron chi connectivity index (χ3n) is 4.10. The van der Waals surface area contributed by atoms with E-state index in [9.17, 15) is 0 Å². The van der Waals surface area contributed by atoms with Crippen LogP contribution in [0.15, 0.2) is 73.3 Å². The molecule has 3 aromatic heterocycles. The van der Waals surface area contributed by atoms with E-state index in [4.69, 9.17) is 10.5 Å². The molecule has 0 spiro atoms. The van der Waals surface area contributed by atoms with Gasteiger partial charge in [0.05, 0.1) is 24.6 Å². The fraction of sp³-hybridized carbons (Fsp3) is 0.0952. The van der Waals surface area contributed by atoms with E-state index in [1.807, 2.05) is 42.5 Å². The SMILES string of the molecule is Nc1ncc(-c2ccnc(Nc3ccncc3)n2)c(COCc2ccccc2)n1. The van der Waals surface area contributed by atoms with Crippen LogP contribution >= 0.6 is 0 Å². The van der Waals surface area contributed by atoms with Crippen molar-refractivity contribution in [1.29, 1.82) is 0 Å². The van der Waals surface area contributed by atoms with Gasteiger partial charge in [-0.25, -0.2) is 19.9 Å². The van der Waals surface area contributed by atoms with Gasteiger partial charge >= 0.3 is 0 Å². The Morgan fingerprint density at radius 1 is 0.862 bits per heavy atom. The summed E-state index contributed by atoms with van der Waals surface area (Å²) < 4.78 is 5.84. The number of nitrogen functional groups attached to an aromatic ring is 1. The molecule has 1 aromatic carbocycles. The number of pyridine rings is 1. The lowest BCUT2D eigenvalue weighted by atomic mass is 10.1. The van der Waals surface area contributed by atoms with Crippen molar-refractivity contribution < 1.29 is 4.74 Å². The number of anilines is 3. The Morgan fingerprint density at radius 2 is 1.69 bits per heavy atom. The molecule has 3 heterocycles. The molecule has 0 saturated heterocycles. The summed E-state index contributed by atoms with van der Waals surface area (Å²) in [5.41, 5.74) is 9.81. The molecule has 0 amide bonds. The van der Waals surface area contributed by atoms with E-state index < -0.39 is 0 Å². The molecular weight excluding hydrogens is 366 g/mol. The van der Waals surface area contributed by atoms with Crippen LogP contribution in [0.3, 0.4) is 0 Å². The summed E-state index contributed by atoms with van der Waals surface area (Å²) in [7, 11) is 0. The Labute approximate surface area is 167 Å². The van der Waals surface area contributed by atoms with E-state index in [0.717, 1.165) is 16.8 Å². The van der Waals surface area contributed by atoms with Crippen LogP contribution < -0.4 is 11.1 Å². The first-order valence-electron chi connectivity index (χ1n) is 9.01. The second kappa shape index (κ2) is 8.85. The number of nitrogens with two attached hydrogens (primary N) is 1. The zero-order chi connectivity index (χ0) is 19.9. The number of aromatic nitrogens is 5. The van der Waals surface area contributed by atoms with E-state index in [-0.39, 0.29) is 12.6 Å². The Bertz CT molecular complexity index is 1070. The standard InChI is InChI=1S/C21H19N7O/c22-20-25-12-17(19(27-20)14-29-13-15-4-2-1-3-5-15)18-8-11-24-21(28-18)26-16-6-9-23-10-7-16/h1-12H,13-14H2,(H2,22,25,27)(H,23,24,26,28). The number of nitrogens with one attached hydrogen (secondary N) is 1. The molecule has 0 aliphatic rings. The lowest BCUT2D eigenvalue weighted by molar-refractivity contribution is 0.105. The second-order valence-electron chi connectivity index (χ2n) is 6.19. The summed E-state index contributed by atoms with van der Waals surface area (Å²) >= 11 is 0. The lowest BCUT2D eigenvalue weighted by Gasteiger charge is -2.11. The summed E-state index contributed by atoms with van der Waals surface area (Å²) in [6.07, 6.45) is 6.73. The summed E-state index contributed by atoms with van der Waals surface area (Å²) in [5.74, 6) is 0.651. The molecular formula is C21H19N7O. The van der Waals surface area contributed by atoms with Crippen molar-refractivity contribution in [2.45, 2.75) is 13.2 Å². The van der Waals surface area contributed by atoms with Crippen LogP contribution in [0, 0.1) is 0 Å². The van der Waals surface area contributed by atoms with Crippen LogP contribution in [0.2, 0.25) is 0 Å². The number of ether oxygens (including phenoxy) is 1. The van der Waals surface area contributed by atoms with Gasteiger partial charge in [0.25, 0.3) is 0 Å². The first kappa shape index (κ1) is 18.5. The molecule has 8 heteroatoms. The predicted molar refractivity (Wildman–Crippen MR) is 110 cm³/mol. The van der Waals surface area contributed by atoms with Crippen LogP contribution in [-0.2, 0) is 18.0 Å². The molecule has 0 saturated carbocycles. The molecule has 144 valence electrons. The molecule has 29 heavy (non-hydrogen) atoms. The van der Waals surface area contributed by atoms with Gasteiger partial charge in [0.2, 0.25) is 11.9 Å². The average molecular weight is 385 g/mol. The van der Waals surface area contributed by atoms with Crippen molar-refractivity contribution in [3.63, 3.8) is 0 Å². The maximum absolute atomic E-state index is 5.84.